The Kier molecular flexibility index (Phi) is 3.32. The van der Waals surface area contributed by atoms with Gasteiger partial charge in [-0.1, -0.05) is 12.7 Å². The van der Waals surface area contributed by atoms with Crippen LogP contribution in [0.2, 0.25) is 0 Å². The van der Waals surface area contributed by atoms with Gasteiger partial charge in [0.05, 0.1) is 13.0 Å². The number of carbonyl (C=O) groups excluding carboxylic acids is 2. The molecule has 84 valence electrons. The molecule has 0 bridgehead atoms. The number of Topliss-reactive ketones (excluding diaryl/α,β-unsaturated/α-hetero) is 1. The highest BCUT2D eigenvalue weighted by atomic mass is 31.1. The number of hydrogen-bond acceptors (Lipinski definition) is 4. The second-order valence-electron chi connectivity index (χ2n) is 3.48. The molecule has 0 saturated carbocycles. The Bertz CT molecular complexity index is 420. The van der Waals surface area contributed by atoms with Gasteiger partial charge in [0, 0.05) is 10.9 Å². The quantitative estimate of drug-likeness (QED) is 0.684. The van der Waals surface area contributed by atoms with E-state index in [1.807, 2.05) is 0 Å². The molecule has 0 radical (unpaired) electrons. The molecule has 1 saturated heterocycles. The molecule has 0 aromatic rings. The zero-order chi connectivity index (χ0) is 11.5. The van der Waals surface area contributed by atoms with Gasteiger partial charge in [0.15, 0.2) is 5.78 Å². The lowest BCUT2D eigenvalue weighted by molar-refractivity contribution is -0.131. The predicted molar refractivity (Wildman–Crippen MR) is 60.2 cm³/mol. The van der Waals surface area contributed by atoms with E-state index >= 15 is 0 Å². The summed E-state index contributed by atoms with van der Waals surface area (Å²) >= 11 is 0. The molecule has 4 nitrogen and oxygen atoms in total. The Morgan fingerprint density at radius 3 is 2.75 bits per heavy atom. The van der Waals surface area contributed by atoms with E-state index in [0.29, 0.717) is 12.2 Å². The van der Waals surface area contributed by atoms with Crippen molar-refractivity contribution in [3.63, 3.8) is 0 Å². The van der Waals surface area contributed by atoms with E-state index in [-0.39, 0.29) is 33.6 Å². The van der Waals surface area contributed by atoms with Crippen molar-refractivity contribution in [1.82, 2.24) is 0 Å². The Labute approximate surface area is 94.9 Å². The molecule has 1 unspecified atom stereocenters. The van der Waals surface area contributed by atoms with Crippen LogP contribution in [0.4, 0.5) is 0 Å². The van der Waals surface area contributed by atoms with Gasteiger partial charge in [-0.25, -0.2) is 0 Å². The smallest absolute Gasteiger partial charge is 0.313 e. The lowest BCUT2D eigenvalue weighted by Gasteiger charge is -2.15. The average Bonchev–Trinajstić information content (AvgIpc) is 2.67. The van der Waals surface area contributed by atoms with Gasteiger partial charge in [0.1, 0.15) is 15.4 Å². The highest BCUT2D eigenvalue weighted by molar-refractivity contribution is 7.39. The number of carbonyl (C=O) groups is 2. The van der Waals surface area contributed by atoms with Crippen LogP contribution in [0.15, 0.2) is 35.2 Å². The summed E-state index contributed by atoms with van der Waals surface area (Å²) in [6.45, 7) is 4.13. The molecule has 16 heavy (non-hydrogen) atoms. The minimum Gasteiger partial charge on any atom is -0.443 e. The van der Waals surface area contributed by atoms with Crippen LogP contribution in [-0.4, -0.2) is 25.0 Å². The monoisotopic (exact) mass is 238 g/mol. The van der Waals surface area contributed by atoms with Crippen LogP contribution in [-0.2, 0) is 18.8 Å². The second-order valence-corrected chi connectivity index (χ2v) is 4.53. The van der Waals surface area contributed by atoms with Gasteiger partial charge in [-0.15, -0.1) is 0 Å². The third-order valence-electron chi connectivity index (χ3n) is 2.33. The van der Waals surface area contributed by atoms with Gasteiger partial charge in [0.25, 0.3) is 0 Å². The molecular formula is C11H11O4P. The van der Waals surface area contributed by atoms with Crippen LogP contribution < -0.4 is 0 Å². The maximum atomic E-state index is 11.6. The van der Waals surface area contributed by atoms with E-state index < -0.39 is 0 Å². The van der Waals surface area contributed by atoms with Crippen LogP contribution in [0.25, 0.3) is 0 Å². The summed E-state index contributed by atoms with van der Waals surface area (Å²) in [5.74, 6) is -0.303. The molecule has 5 heteroatoms. The molecule has 0 aromatic carbocycles. The molecule has 0 aliphatic carbocycles. The summed E-state index contributed by atoms with van der Waals surface area (Å²) in [7, 11) is 0.0353. The minimum atomic E-state index is -0.232. The van der Waals surface area contributed by atoms with E-state index in [1.54, 1.807) is 12.2 Å². The molecule has 2 aliphatic heterocycles. The highest BCUT2D eigenvalue weighted by Crippen LogP contribution is 2.37. The van der Waals surface area contributed by atoms with E-state index in [1.165, 1.54) is 0 Å². The largest absolute Gasteiger partial charge is 0.443 e. The van der Waals surface area contributed by atoms with Crippen LogP contribution in [0.3, 0.4) is 0 Å². The van der Waals surface area contributed by atoms with Crippen molar-refractivity contribution in [3.8, 4) is 0 Å². The molecule has 0 aromatic heterocycles. The van der Waals surface area contributed by atoms with Crippen molar-refractivity contribution < 1.29 is 18.8 Å². The number of rotatable bonds is 2. The molecular weight excluding hydrogens is 227 g/mol. The van der Waals surface area contributed by atoms with Gasteiger partial charge < -0.3 is 9.26 Å². The zero-order valence-electron chi connectivity index (χ0n) is 8.62. The molecule has 2 aliphatic rings. The summed E-state index contributed by atoms with van der Waals surface area (Å²) in [4.78, 5) is 22.6. The molecule has 2 heterocycles. The van der Waals surface area contributed by atoms with Gasteiger partial charge in [-0.2, -0.15) is 0 Å². The van der Waals surface area contributed by atoms with Crippen molar-refractivity contribution in [2.24, 2.45) is 0 Å². The van der Waals surface area contributed by atoms with Crippen LogP contribution >= 0.6 is 8.81 Å². The van der Waals surface area contributed by atoms with Gasteiger partial charge >= 0.3 is 5.97 Å². The fourth-order valence-electron chi connectivity index (χ4n) is 1.54. The van der Waals surface area contributed by atoms with Crippen LogP contribution in [0.1, 0.15) is 6.42 Å². The third-order valence-corrected chi connectivity index (χ3v) is 3.25. The SMILES string of the molecule is C=CC1=C(/C=C2\CC(=O)OP2)C(=O)COC1. The number of hydrogen-bond donors (Lipinski definition) is 0. The van der Waals surface area contributed by atoms with Crippen molar-refractivity contribution in [1.29, 1.82) is 0 Å². The molecule has 0 spiro atoms. The topological polar surface area (TPSA) is 52.6 Å². The average molecular weight is 238 g/mol. The normalized spacial score (nSPS) is 25.4. The maximum Gasteiger partial charge on any atom is 0.313 e. The first-order valence-corrected chi connectivity index (χ1v) is 5.74. The summed E-state index contributed by atoms with van der Waals surface area (Å²) < 4.78 is 9.94. The minimum absolute atomic E-state index is 0.0353. The van der Waals surface area contributed by atoms with Crippen molar-refractivity contribution >= 4 is 20.6 Å². The van der Waals surface area contributed by atoms with E-state index in [0.717, 1.165) is 10.9 Å². The standard InChI is InChI=1S/C11H11O4P/c1-2-7-5-14-6-10(12)9(7)3-8-4-11(13)15-16-8/h2-3,16H,1,4-6H2/b8-3+. The van der Waals surface area contributed by atoms with Crippen molar-refractivity contribution in [3.05, 3.63) is 35.2 Å². The summed E-state index contributed by atoms with van der Waals surface area (Å²) in [5.41, 5.74) is 1.37. The Morgan fingerprint density at radius 1 is 1.31 bits per heavy atom. The highest BCUT2D eigenvalue weighted by Gasteiger charge is 2.22. The van der Waals surface area contributed by atoms with Gasteiger partial charge in [-0.3, -0.25) is 9.59 Å². The summed E-state index contributed by atoms with van der Waals surface area (Å²) in [6, 6.07) is 0. The fraction of sp³-hybridized carbons (Fsp3) is 0.273. The number of ketones is 1. The van der Waals surface area contributed by atoms with E-state index in [9.17, 15) is 9.59 Å². The second kappa shape index (κ2) is 4.73. The first-order chi connectivity index (χ1) is 7.70. The molecule has 1 fully saturated rings. The molecule has 1 atom stereocenters. The zero-order valence-corrected chi connectivity index (χ0v) is 9.62. The predicted octanol–water partition coefficient (Wildman–Crippen LogP) is 1.49. The Balaban J connectivity index is 2.30. The lowest BCUT2D eigenvalue weighted by Crippen LogP contribution is -2.20. The first kappa shape index (κ1) is 11.2. The van der Waals surface area contributed by atoms with Crippen LogP contribution in [0, 0.1) is 0 Å². The maximum absolute atomic E-state index is 11.6. The lowest BCUT2D eigenvalue weighted by atomic mass is 10.0. The number of allylic oxidation sites excluding steroid dienone is 1. The van der Waals surface area contributed by atoms with E-state index in [4.69, 9.17) is 9.26 Å². The van der Waals surface area contributed by atoms with Crippen molar-refractivity contribution in [2.75, 3.05) is 13.2 Å². The molecule has 0 amide bonds. The summed E-state index contributed by atoms with van der Waals surface area (Å²) in [5, 5.41) is 0.856. The Hall–Kier alpha value is -1.25. The Morgan fingerprint density at radius 2 is 2.12 bits per heavy atom. The van der Waals surface area contributed by atoms with Gasteiger partial charge in [-0.05, 0) is 11.6 Å². The third kappa shape index (κ3) is 2.29. The van der Waals surface area contributed by atoms with Gasteiger partial charge in [0.2, 0.25) is 0 Å². The molecule has 0 N–H and O–H groups in total. The molecule has 2 rings (SSSR count). The van der Waals surface area contributed by atoms with Crippen LogP contribution in [0.5, 0.6) is 0 Å². The van der Waals surface area contributed by atoms with Crippen molar-refractivity contribution in [2.45, 2.75) is 6.42 Å². The first-order valence-electron chi connectivity index (χ1n) is 4.83. The fourth-order valence-corrected chi connectivity index (χ4v) is 2.27. The summed E-state index contributed by atoms with van der Waals surface area (Å²) in [6.07, 6.45) is 3.63. The number of ether oxygens (including phenoxy) is 1. The van der Waals surface area contributed by atoms with E-state index in [2.05, 4.69) is 6.58 Å².